The number of benzene rings is 1. The summed E-state index contributed by atoms with van der Waals surface area (Å²) in [6.07, 6.45) is 2.14. The molecule has 2 N–H and O–H groups in total. The van der Waals surface area contributed by atoms with Crippen LogP contribution < -0.4 is 15.5 Å². The quantitative estimate of drug-likeness (QED) is 0.622. The summed E-state index contributed by atoms with van der Waals surface area (Å²) in [6, 6.07) is 12.7. The zero-order chi connectivity index (χ0) is 20.4. The first-order valence-electron chi connectivity index (χ1n) is 9.33. The fourth-order valence-corrected chi connectivity index (χ4v) is 3.36. The molecule has 1 aromatic carbocycles. The number of carbonyl (C=O) groups excluding carboxylic acids is 3. The van der Waals surface area contributed by atoms with Crippen molar-refractivity contribution >= 4 is 29.2 Å². The molecular formula is C20H20N6O3. The van der Waals surface area contributed by atoms with Crippen molar-refractivity contribution < 1.29 is 14.4 Å². The van der Waals surface area contributed by atoms with Crippen LogP contribution in [0.5, 0.6) is 0 Å². The number of hydrogen-bond donors (Lipinski definition) is 2. The molecule has 2 aromatic heterocycles. The number of amides is 4. The second-order valence-electron chi connectivity index (χ2n) is 6.83. The SMILES string of the molecule is CC(NC(=O)CCC1NC(=O)N(c2ccccc2)C1=O)c1nnc2ccccn12. The number of anilines is 1. The summed E-state index contributed by atoms with van der Waals surface area (Å²) in [5, 5.41) is 13.7. The molecule has 3 aromatic rings. The van der Waals surface area contributed by atoms with Gasteiger partial charge in [-0.3, -0.25) is 14.0 Å². The van der Waals surface area contributed by atoms with E-state index in [9.17, 15) is 14.4 Å². The van der Waals surface area contributed by atoms with E-state index in [1.807, 2.05) is 41.8 Å². The minimum Gasteiger partial charge on any atom is -0.346 e. The Kier molecular flexibility index (Phi) is 4.94. The first-order valence-corrected chi connectivity index (χ1v) is 9.33. The molecule has 9 heteroatoms. The Morgan fingerprint density at radius 3 is 2.69 bits per heavy atom. The number of nitrogens with zero attached hydrogens (tertiary/aromatic N) is 4. The first-order chi connectivity index (χ1) is 14.0. The van der Waals surface area contributed by atoms with Gasteiger partial charge >= 0.3 is 6.03 Å². The second-order valence-corrected chi connectivity index (χ2v) is 6.83. The summed E-state index contributed by atoms with van der Waals surface area (Å²) < 4.78 is 1.81. The van der Waals surface area contributed by atoms with Crippen molar-refractivity contribution in [3.8, 4) is 0 Å². The average Bonchev–Trinajstić information content (AvgIpc) is 3.27. The van der Waals surface area contributed by atoms with Crippen molar-refractivity contribution in [2.24, 2.45) is 0 Å². The molecule has 0 aliphatic carbocycles. The normalized spacial score (nSPS) is 17.4. The van der Waals surface area contributed by atoms with E-state index < -0.39 is 12.1 Å². The van der Waals surface area contributed by atoms with Crippen molar-refractivity contribution in [3.05, 3.63) is 60.6 Å². The van der Waals surface area contributed by atoms with Crippen LogP contribution in [0.25, 0.3) is 5.65 Å². The largest absolute Gasteiger partial charge is 0.346 e. The zero-order valence-electron chi connectivity index (χ0n) is 15.8. The fourth-order valence-electron chi connectivity index (χ4n) is 3.36. The summed E-state index contributed by atoms with van der Waals surface area (Å²) in [7, 11) is 0. The minimum absolute atomic E-state index is 0.0976. The lowest BCUT2D eigenvalue weighted by molar-refractivity contribution is -0.122. The number of carbonyl (C=O) groups is 3. The van der Waals surface area contributed by atoms with Crippen LogP contribution in [0, 0.1) is 0 Å². The van der Waals surface area contributed by atoms with Crippen LogP contribution in [0.3, 0.4) is 0 Å². The molecule has 4 rings (SSSR count). The maximum absolute atomic E-state index is 12.6. The van der Waals surface area contributed by atoms with E-state index in [2.05, 4.69) is 20.8 Å². The van der Waals surface area contributed by atoms with Crippen molar-refractivity contribution in [2.75, 3.05) is 4.90 Å². The number of hydrogen-bond acceptors (Lipinski definition) is 5. The van der Waals surface area contributed by atoms with Crippen LogP contribution >= 0.6 is 0 Å². The van der Waals surface area contributed by atoms with Crippen LogP contribution in [0.4, 0.5) is 10.5 Å². The summed E-state index contributed by atoms with van der Waals surface area (Å²) in [6.45, 7) is 1.82. The van der Waals surface area contributed by atoms with Gasteiger partial charge < -0.3 is 10.6 Å². The maximum atomic E-state index is 12.6. The number of imide groups is 1. The predicted molar refractivity (Wildman–Crippen MR) is 105 cm³/mol. The lowest BCUT2D eigenvalue weighted by Gasteiger charge is -2.14. The summed E-state index contributed by atoms with van der Waals surface area (Å²) in [4.78, 5) is 38.2. The number of aromatic nitrogens is 3. The van der Waals surface area contributed by atoms with Crippen LogP contribution in [-0.2, 0) is 9.59 Å². The van der Waals surface area contributed by atoms with Gasteiger partial charge in [0.15, 0.2) is 11.5 Å². The van der Waals surface area contributed by atoms with Crippen molar-refractivity contribution in [3.63, 3.8) is 0 Å². The standard InChI is InChI=1S/C20H20N6O3/c1-13(18-24-23-16-9-5-6-12-25(16)18)21-17(27)11-10-15-19(28)26(20(29)22-15)14-7-3-2-4-8-14/h2-9,12-13,15H,10-11H2,1H3,(H,21,27)(H,22,29). The number of fused-ring (bicyclic) bond motifs is 1. The molecule has 0 saturated carbocycles. The molecule has 0 spiro atoms. The van der Waals surface area contributed by atoms with Gasteiger partial charge in [0, 0.05) is 12.6 Å². The molecule has 29 heavy (non-hydrogen) atoms. The van der Waals surface area contributed by atoms with E-state index >= 15 is 0 Å². The zero-order valence-corrected chi connectivity index (χ0v) is 15.8. The van der Waals surface area contributed by atoms with Crippen molar-refractivity contribution in [1.82, 2.24) is 25.2 Å². The predicted octanol–water partition coefficient (Wildman–Crippen LogP) is 1.81. The topological polar surface area (TPSA) is 109 Å². The molecule has 0 bridgehead atoms. The van der Waals surface area contributed by atoms with E-state index in [0.29, 0.717) is 17.2 Å². The van der Waals surface area contributed by atoms with E-state index in [0.717, 1.165) is 4.90 Å². The molecule has 1 aliphatic rings. The smallest absolute Gasteiger partial charge is 0.329 e. The van der Waals surface area contributed by atoms with Crippen molar-refractivity contribution in [2.45, 2.75) is 31.8 Å². The molecule has 0 radical (unpaired) electrons. The van der Waals surface area contributed by atoms with Gasteiger partial charge in [-0.2, -0.15) is 0 Å². The lowest BCUT2D eigenvalue weighted by Crippen LogP contribution is -2.33. The summed E-state index contributed by atoms with van der Waals surface area (Å²) in [5.41, 5.74) is 1.21. The van der Waals surface area contributed by atoms with E-state index in [1.54, 1.807) is 24.3 Å². The molecule has 1 fully saturated rings. The minimum atomic E-state index is -0.724. The summed E-state index contributed by atoms with van der Waals surface area (Å²) >= 11 is 0. The number of para-hydroxylation sites is 1. The molecule has 1 aliphatic heterocycles. The van der Waals surface area contributed by atoms with Gasteiger partial charge in [0.05, 0.1) is 11.7 Å². The Hall–Kier alpha value is -3.75. The molecule has 1 saturated heterocycles. The summed E-state index contributed by atoms with van der Waals surface area (Å²) in [5.74, 6) is 0.0327. The second kappa shape index (κ2) is 7.70. The van der Waals surface area contributed by atoms with E-state index in [4.69, 9.17) is 0 Å². The molecular weight excluding hydrogens is 372 g/mol. The molecule has 2 unspecified atom stereocenters. The number of rotatable bonds is 6. The molecule has 4 amide bonds. The molecule has 3 heterocycles. The van der Waals surface area contributed by atoms with Gasteiger partial charge in [-0.05, 0) is 37.6 Å². The third-order valence-electron chi connectivity index (χ3n) is 4.80. The number of urea groups is 1. The highest BCUT2D eigenvalue weighted by atomic mass is 16.2. The van der Waals surface area contributed by atoms with Gasteiger partial charge in [-0.25, -0.2) is 9.69 Å². The van der Waals surface area contributed by atoms with Crippen LogP contribution in [0.15, 0.2) is 54.7 Å². The molecule has 9 nitrogen and oxygen atoms in total. The van der Waals surface area contributed by atoms with E-state index in [-0.39, 0.29) is 30.7 Å². The van der Waals surface area contributed by atoms with Gasteiger partial charge in [0.1, 0.15) is 6.04 Å². The third-order valence-corrected chi connectivity index (χ3v) is 4.80. The Labute approximate surface area is 166 Å². The van der Waals surface area contributed by atoms with Crippen LogP contribution in [0.2, 0.25) is 0 Å². The Morgan fingerprint density at radius 2 is 1.90 bits per heavy atom. The van der Waals surface area contributed by atoms with Gasteiger partial charge in [-0.15, -0.1) is 10.2 Å². The lowest BCUT2D eigenvalue weighted by atomic mass is 10.1. The molecule has 2 atom stereocenters. The van der Waals surface area contributed by atoms with E-state index in [1.165, 1.54) is 0 Å². The Morgan fingerprint density at radius 1 is 1.14 bits per heavy atom. The molecule has 148 valence electrons. The Bertz CT molecular complexity index is 1060. The highest BCUT2D eigenvalue weighted by molar-refractivity contribution is 6.21. The number of nitrogens with one attached hydrogen (secondary N) is 2. The maximum Gasteiger partial charge on any atom is 0.329 e. The van der Waals surface area contributed by atoms with Gasteiger partial charge in [0.25, 0.3) is 5.91 Å². The highest BCUT2D eigenvalue weighted by Crippen LogP contribution is 2.21. The third kappa shape index (κ3) is 3.66. The highest BCUT2D eigenvalue weighted by Gasteiger charge is 2.38. The van der Waals surface area contributed by atoms with Gasteiger partial charge in [0.2, 0.25) is 5.91 Å². The monoisotopic (exact) mass is 392 g/mol. The average molecular weight is 392 g/mol. The Balaban J connectivity index is 1.35. The van der Waals surface area contributed by atoms with Crippen molar-refractivity contribution in [1.29, 1.82) is 0 Å². The van der Waals surface area contributed by atoms with Crippen LogP contribution in [-0.4, -0.2) is 38.5 Å². The number of pyridine rings is 1. The van der Waals surface area contributed by atoms with Gasteiger partial charge in [-0.1, -0.05) is 24.3 Å². The fraction of sp³-hybridized carbons (Fsp3) is 0.250. The first kappa shape index (κ1) is 18.6. The van der Waals surface area contributed by atoms with Crippen LogP contribution in [0.1, 0.15) is 31.6 Å².